The highest BCUT2D eigenvalue weighted by Crippen LogP contribution is 2.09. The molecule has 1 fully saturated rings. The summed E-state index contributed by atoms with van der Waals surface area (Å²) in [7, 11) is 0. The van der Waals surface area contributed by atoms with Gasteiger partial charge in [0.1, 0.15) is 6.04 Å². The van der Waals surface area contributed by atoms with Crippen molar-refractivity contribution >= 4 is 11.9 Å². The molecule has 5 nitrogen and oxygen atoms in total. The van der Waals surface area contributed by atoms with Crippen molar-refractivity contribution in [2.75, 3.05) is 6.54 Å². The number of hydrogen-bond donors (Lipinski definition) is 2. The van der Waals surface area contributed by atoms with Gasteiger partial charge in [0.2, 0.25) is 0 Å². The lowest BCUT2D eigenvalue weighted by Gasteiger charge is -2.14. The summed E-state index contributed by atoms with van der Waals surface area (Å²) in [5.41, 5.74) is 0. The number of amides is 3. The number of nitrogens with zero attached hydrogens (tertiary/aromatic N) is 1. The highest BCUT2D eigenvalue weighted by Gasteiger charge is 2.36. The van der Waals surface area contributed by atoms with Crippen LogP contribution in [0.2, 0.25) is 0 Å². The molecule has 1 heterocycles. The van der Waals surface area contributed by atoms with Crippen molar-refractivity contribution in [2.45, 2.75) is 32.4 Å². The fourth-order valence-electron chi connectivity index (χ4n) is 1.29. The van der Waals surface area contributed by atoms with Crippen molar-refractivity contribution in [3.8, 4) is 0 Å². The lowest BCUT2D eigenvalue weighted by molar-refractivity contribution is -0.128. The Morgan fingerprint density at radius 1 is 1.62 bits per heavy atom. The number of urea groups is 1. The quantitative estimate of drug-likeness (QED) is 0.594. The Labute approximate surface area is 76.7 Å². The lowest BCUT2D eigenvalue weighted by atomic mass is 10.2. The van der Waals surface area contributed by atoms with Gasteiger partial charge >= 0.3 is 6.03 Å². The van der Waals surface area contributed by atoms with Crippen molar-refractivity contribution in [1.29, 1.82) is 0 Å². The van der Waals surface area contributed by atoms with Crippen LogP contribution in [-0.4, -0.2) is 40.6 Å². The summed E-state index contributed by atoms with van der Waals surface area (Å²) in [6.07, 6.45) is -0.0914. The van der Waals surface area contributed by atoms with Crippen LogP contribution in [0.1, 0.15) is 20.3 Å². The summed E-state index contributed by atoms with van der Waals surface area (Å²) in [6, 6.07) is -0.816. The fraction of sp³-hybridized carbons (Fsp3) is 0.750. The third kappa shape index (κ3) is 1.98. The summed E-state index contributed by atoms with van der Waals surface area (Å²) in [5, 5.41) is 11.6. The summed E-state index contributed by atoms with van der Waals surface area (Å²) < 4.78 is 0. The van der Waals surface area contributed by atoms with Gasteiger partial charge in [-0.1, -0.05) is 6.92 Å². The van der Waals surface area contributed by atoms with Crippen LogP contribution in [-0.2, 0) is 4.79 Å². The average Bonchev–Trinajstić information content (AvgIpc) is 2.31. The van der Waals surface area contributed by atoms with Gasteiger partial charge in [-0.15, -0.1) is 0 Å². The van der Waals surface area contributed by atoms with E-state index in [0.29, 0.717) is 6.42 Å². The number of imide groups is 1. The Kier molecular flexibility index (Phi) is 2.87. The smallest absolute Gasteiger partial charge is 0.324 e. The molecule has 0 aromatic carbocycles. The third-order valence-corrected chi connectivity index (χ3v) is 1.96. The predicted molar refractivity (Wildman–Crippen MR) is 46.0 cm³/mol. The van der Waals surface area contributed by atoms with Gasteiger partial charge in [0.25, 0.3) is 5.91 Å². The van der Waals surface area contributed by atoms with E-state index < -0.39 is 18.2 Å². The second-order valence-electron chi connectivity index (χ2n) is 3.21. The maximum Gasteiger partial charge on any atom is 0.324 e. The Hall–Kier alpha value is -1.10. The third-order valence-electron chi connectivity index (χ3n) is 1.96. The van der Waals surface area contributed by atoms with E-state index in [9.17, 15) is 9.59 Å². The fourth-order valence-corrected chi connectivity index (χ4v) is 1.29. The molecule has 1 saturated heterocycles. The van der Waals surface area contributed by atoms with Gasteiger partial charge in [0.15, 0.2) is 0 Å². The van der Waals surface area contributed by atoms with E-state index in [2.05, 4.69) is 5.32 Å². The highest BCUT2D eigenvalue weighted by molar-refractivity contribution is 6.04. The first-order valence-corrected chi connectivity index (χ1v) is 4.36. The van der Waals surface area contributed by atoms with Crippen LogP contribution in [0.4, 0.5) is 4.79 Å². The number of carbonyl (C=O) groups excluding carboxylic acids is 2. The van der Waals surface area contributed by atoms with Gasteiger partial charge in [0, 0.05) is 0 Å². The molecule has 1 aliphatic rings. The van der Waals surface area contributed by atoms with E-state index in [1.807, 2.05) is 6.92 Å². The normalized spacial score (nSPS) is 24.8. The van der Waals surface area contributed by atoms with E-state index in [-0.39, 0.29) is 12.5 Å². The van der Waals surface area contributed by atoms with Crippen molar-refractivity contribution in [1.82, 2.24) is 10.2 Å². The predicted octanol–water partition coefficient (Wildman–Crippen LogP) is -0.302. The molecular weight excluding hydrogens is 172 g/mol. The molecule has 2 atom stereocenters. The minimum Gasteiger partial charge on any atom is -0.392 e. The zero-order valence-electron chi connectivity index (χ0n) is 7.78. The number of hydrogen-bond acceptors (Lipinski definition) is 3. The molecular formula is C8H14N2O3. The van der Waals surface area contributed by atoms with Crippen LogP contribution in [0, 0.1) is 0 Å². The highest BCUT2D eigenvalue weighted by atomic mass is 16.3. The number of aliphatic hydroxyl groups excluding tert-OH is 1. The van der Waals surface area contributed by atoms with Crippen molar-refractivity contribution in [2.24, 2.45) is 0 Å². The number of aliphatic hydroxyl groups is 1. The van der Waals surface area contributed by atoms with Crippen LogP contribution < -0.4 is 5.32 Å². The van der Waals surface area contributed by atoms with E-state index in [1.54, 1.807) is 6.92 Å². The molecule has 5 heteroatoms. The largest absolute Gasteiger partial charge is 0.392 e. The van der Waals surface area contributed by atoms with E-state index in [4.69, 9.17) is 5.11 Å². The van der Waals surface area contributed by atoms with Gasteiger partial charge in [-0.2, -0.15) is 0 Å². The van der Waals surface area contributed by atoms with Crippen molar-refractivity contribution in [3.63, 3.8) is 0 Å². The molecule has 1 rings (SSSR count). The molecule has 0 bridgehead atoms. The molecule has 1 aliphatic heterocycles. The number of carbonyl (C=O) groups is 2. The van der Waals surface area contributed by atoms with E-state index in [0.717, 1.165) is 4.90 Å². The lowest BCUT2D eigenvalue weighted by Crippen LogP contribution is -2.36. The Bertz CT molecular complexity index is 227. The van der Waals surface area contributed by atoms with E-state index in [1.165, 1.54) is 0 Å². The molecule has 0 aromatic heterocycles. The maximum atomic E-state index is 11.4. The first-order valence-electron chi connectivity index (χ1n) is 4.36. The molecule has 0 aromatic rings. The SMILES string of the molecule is CC[C@@H]1NC(=O)N(C[C@H](C)O)C1=O. The minimum absolute atomic E-state index is 0.0706. The average molecular weight is 186 g/mol. The number of β-amino-alcohol motifs (C(OH)–C–C–N with tert-alkyl or cyclic N) is 1. The van der Waals surface area contributed by atoms with Gasteiger partial charge in [-0.05, 0) is 13.3 Å². The number of nitrogens with one attached hydrogen (secondary N) is 1. The molecule has 0 unspecified atom stereocenters. The van der Waals surface area contributed by atoms with Gasteiger partial charge in [-0.3, -0.25) is 9.69 Å². The second-order valence-corrected chi connectivity index (χ2v) is 3.21. The van der Waals surface area contributed by atoms with Crippen LogP contribution >= 0.6 is 0 Å². The monoisotopic (exact) mass is 186 g/mol. The van der Waals surface area contributed by atoms with Crippen LogP contribution in [0.3, 0.4) is 0 Å². The molecule has 0 aliphatic carbocycles. The van der Waals surface area contributed by atoms with Crippen LogP contribution in [0.5, 0.6) is 0 Å². The first-order chi connectivity index (χ1) is 6.06. The van der Waals surface area contributed by atoms with Gasteiger partial charge in [-0.25, -0.2) is 4.79 Å². The number of rotatable bonds is 3. The van der Waals surface area contributed by atoms with Crippen molar-refractivity contribution < 1.29 is 14.7 Å². The summed E-state index contributed by atoms with van der Waals surface area (Å²) in [6.45, 7) is 3.44. The minimum atomic E-state index is -0.676. The summed E-state index contributed by atoms with van der Waals surface area (Å²) >= 11 is 0. The Morgan fingerprint density at radius 3 is 2.62 bits per heavy atom. The molecule has 0 spiro atoms. The van der Waals surface area contributed by atoms with E-state index >= 15 is 0 Å². The Balaban J connectivity index is 2.65. The summed E-state index contributed by atoms with van der Waals surface area (Å²) in [4.78, 5) is 23.6. The van der Waals surface area contributed by atoms with Crippen LogP contribution in [0.15, 0.2) is 0 Å². The molecule has 13 heavy (non-hydrogen) atoms. The molecule has 74 valence electrons. The first kappa shape index (κ1) is 9.98. The second kappa shape index (κ2) is 3.74. The molecule has 0 saturated carbocycles. The zero-order chi connectivity index (χ0) is 10.0. The standard InChI is InChI=1S/C8H14N2O3/c1-3-6-7(12)10(4-5(2)11)8(13)9-6/h5-6,11H,3-4H2,1-2H3,(H,9,13)/t5-,6-/m0/s1. The van der Waals surface area contributed by atoms with Gasteiger partial charge < -0.3 is 10.4 Å². The molecule has 3 amide bonds. The molecule has 2 N–H and O–H groups in total. The van der Waals surface area contributed by atoms with Crippen molar-refractivity contribution in [3.05, 3.63) is 0 Å². The van der Waals surface area contributed by atoms with Gasteiger partial charge in [0.05, 0.1) is 12.6 Å². The Morgan fingerprint density at radius 2 is 2.23 bits per heavy atom. The summed E-state index contributed by atoms with van der Waals surface area (Å²) in [5.74, 6) is -0.242. The zero-order valence-corrected chi connectivity index (χ0v) is 7.78. The molecule has 0 radical (unpaired) electrons. The van der Waals surface area contributed by atoms with Crippen LogP contribution in [0.25, 0.3) is 0 Å². The maximum absolute atomic E-state index is 11.4. The topological polar surface area (TPSA) is 69.6 Å².